The van der Waals surface area contributed by atoms with Crippen LogP contribution in [0, 0.1) is 6.92 Å². The molecule has 2 rings (SSSR count). The van der Waals surface area contributed by atoms with Gasteiger partial charge in [-0.05, 0) is 12.5 Å². The Balaban J connectivity index is 1.84. The van der Waals surface area contributed by atoms with Gasteiger partial charge in [-0.1, -0.05) is 29.8 Å². The zero-order valence-electron chi connectivity index (χ0n) is 10.0. The van der Waals surface area contributed by atoms with Gasteiger partial charge in [0.05, 0.1) is 12.7 Å². The molecule has 1 aromatic carbocycles. The fourth-order valence-electron chi connectivity index (χ4n) is 1.51. The summed E-state index contributed by atoms with van der Waals surface area (Å²) in [4.78, 5) is 14.5. The molecule has 0 amide bonds. The molecule has 0 atom stereocenters. The number of nitrogens with zero attached hydrogens (tertiary/aromatic N) is 1. The Morgan fingerprint density at radius 1 is 1.33 bits per heavy atom. The third-order valence-corrected chi connectivity index (χ3v) is 2.49. The molecule has 0 aliphatic carbocycles. The number of hydrogen-bond acceptors (Lipinski definition) is 4. The Hall–Kier alpha value is -2.14. The average Bonchev–Trinajstić information content (AvgIpc) is 2.81. The van der Waals surface area contributed by atoms with E-state index in [0.717, 1.165) is 5.56 Å². The highest BCUT2D eigenvalue weighted by molar-refractivity contribution is 5.83. The quantitative estimate of drug-likeness (QED) is 0.843. The second-order valence-electron chi connectivity index (χ2n) is 4.01. The van der Waals surface area contributed by atoms with Gasteiger partial charge in [0.2, 0.25) is 11.7 Å². The number of carboxylic acids is 1. The Labute approximate surface area is 104 Å². The molecule has 0 radical (unpaired) electrons. The topological polar surface area (TPSA) is 75.4 Å². The summed E-state index contributed by atoms with van der Waals surface area (Å²) in [5, 5.41) is 11.8. The second kappa shape index (κ2) is 5.46. The molecule has 5 nitrogen and oxygen atoms in total. The van der Waals surface area contributed by atoms with Crippen LogP contribution in [0.4, 0.5) is 0 Å². The highest BCUT2D eigenvalue weighted by Gasteiger charge is 2.09. The smallest absolute Gasteiger partial charge is 0.373 e. The van der Waals surface area contributed by atoms with E-state index >= 15 is 0 Å². The van der Waals surface area contributed by atoms with Crippen molar-refractivity contribution < 1.29 is 14.3 Å². The van der Waals surface area contributed by atoms with Crippen LogP contribution in [0.1, 0.15) is 27.6 Å². The van der Waals surface area contributed by atoms with Gasteiger partial charge in [-0.3, -0.25) is 0 Å². The predicted octanol–water partition coefficient (Wildman–Crippen LogP) is 1.97. The molecule has 0 spiro atoms. The number of rotatable bonds is 5. The van der Waals surface area contributed by atoms with Crippen molar-refractivity contribution in [3.05, 3.63) is 53.2 Å². The zero-order chi connectivity index (χ0) is 13.0. The van der Waals surface area contributed by atoms with E-state index < -0.39 is 5.97 Å². The summed E-state index contributed by atoms with van der Waals surface area (Å²) in [6.07, 6.45) is 1.21. The number of aromatic nitrogens is 1. The standard InChI is InChI=1S/C13H14N2O3/c1-9-2-4-10(5-3-9)6-14-8-12-15-7-11(18-12)13(16)17/h2-5,7,14H,6,8H2,1H3,(H,16,17). The molecule has 0 saturated carbocycles. The molecule has 0 saturated heterocycles. The van der Waals surface area contributed by atoms with Gasteiger partial charge in [0, 0.05) is 6.54 Å². The van der Waals surface area contributed by atoms with Crippen molar-refractivity contribution in [2.75, 3.05) is 0 Å². The Bertz CT molecular complexity index is 531. The predicted molar refractivity (Wildman–Crippen MR) is 65.2 cm³/mol. The van der Waals surface area contributed by atoms with Gasteiger partial charge in [0.1, 0.15) is 0 Å². The fourth-order valence-corrected chi connectivity index (χ4v) is 1.51. The van der Waals surface area contributed by atoms with E-state index in [1.165, 1.54) is 11.8 Å². The molecule has 18 heavy (non-hydrogen) atoms. The van der Waals surface area contributed by atoms with Gasteiger partial charge < -0.3 is 14.8 Å². The summed E-state index contributed by atoms with van der Waals surface area (Å²) in [6.45, 7) is 3.13. The Kier molecular flexibility index (Phi) is 3.74. The van der Waals surface area contributed by atoms with Gasteiger partial charge in [-0.15, -0.1) is 0 Å². The molecule has 1 aromatic heterocycles. The van der Waals surface area contributed by atoms with Crippen molar-refractivity contribution >= 4 is 5.97 Å². The number of aryl methyl sites for hydroxylation is 1. The van der Waals surface area contributed by atoms with Crippen molar-refractivity contribution in [2.45, 2.75) is 20.0 Å². The van der Waals surface area contributed by atoms with Crippen LogP contribution in [-0.4, -0.2) is 16.1 Å². The molecule has 0 bridgehead atoms. The van der Waals surface area contributed by atoms with Crippen LogP contribution in [0.3, 0.4) is 0 Å². The maximum atomic E-state index is 10.6. The van der Waals surface area contributed by atoms with Crippen molar-refractivity contribution in [3.8, 4) is 0 Å². The number of nitrogens with one attached hydrogen (secondary N) is 1. The second-order valence-corrected chi connectivity index (χ2v) is 4.01. The number of carboxylic acid groups (broad SMARTS) is 1. The van der Waals surface area contributed by atoms with Crippen LogP contribution in [0.25, 0.3) is 0 Å². The first kappa shape index (κ1) is 12.3. The van der Waals surface area contributed by atoms with Gasteiger partial charge in [0.15, 0.2) is 0 Å². The van der Waals surface area contributed by atoms with E-state index in [9.17, 15) is 4.79 Å². The van der Waals surface area contributed by atoms with Crippen molar-refractivity contribution in [3.63, 3.8) is 0 Å². The zero-order valence-corrected chi connectivity index (χ0v) is 10.0. The van der Waals surface area contributed by atoms with Gasteiger partial charge in [-0.2, -0.15) is 0 Å². The van der Waals surface area contributed by atoms with Crippen molar-refractivity contribution in [2.24, 2.45) is 0 Å². The SMILES string of the molecule is Cc1ccc(CNCc2ncc(C(=O)O)o2)cc1. The molecule has 94 valence electrons. The summed E-state index contributed by atoms with van der Waals surface area (Å²) in [5.41, 5.74) is 2.38. The largest absolute Gasteiger partial charge is 0.475 e. The lowest BCUT2D eigenvalue weighted by molar-refractivity contribution is 0.0660. The highest BCUT2D eigenvalue weighted by atomic mass is 16.4. The van der Waals surface area contributed by atoms with E-state index in [0.29, 0.717) is 19.0 Å². The third kappa shape index (κ3) is 3.18. The minimum absolute atomic E-state index is 0.137. The number of carbonyl (C=O) groups is 1. The monoisotopic (exact) mass is 246 g/mol. The number of benzene rings is 1. The van der Waals surface area contributed by atoms with Gasteiger partial charge >= 0.3 is 5.97 Å². The molecule has 2 N–H and O–H groups in total. The minimum atomic E-state index is -1.10. The summed E-state index contributed by atoms with van der Waals surface area (Å²) in [7, 11) is 0. The summed E-state index contributed by atoms with van der Waals surface area (Å²) < 4.78 is 5.03. The number of oxazole rings is 1. The molecular formula is C13H14N2O3. The average molecular weight is 246 g/mol. The number of aromatic carboxylic acids is 1. The van der Waals surface area contributed by atoms with E-state index in [-0.39, 0.29) is 5.76 Å². The van der Waals surface area contributed by atoms with Gasteiger partial charge in [0.25, 0.3) is 0 Å². The maximum absolute atomic E-state index is 10.6. The molecule has 1 heterocycles. The first-order valence-electron chi connectivity index (χ1n) is 5.59. The first-order chi connectivity index (χ1) is 8.65. The number of hydrogen-bond donors (Lipinski definition) is 2. The normalized spacial score (nSPS) is 10.5. The molecular weight excluding hydrogens is 232 g/mol. The van der Waals surface area contributed by atoms with Gasteiger partial charge in [-0.25, -0.2) is 9.78 Å². The van der Waals surface area contributed by atoms with E-state index in [1.807, 2.05) is 31.2 Å². The van der Waals surface area contributed by atoms with Crippen LogP contribution in [0.5, 0.6) is 0 Å². The van der Waals surface area contributed by atoms with Crippen molar-refractivity contribution in [1.82, 2.24) is 10.3 Å². The lowest BCUT2D eigenvalue weighted by atomic mass is 10.1. The molecule has 0 unspecified atom stereocenters. The Morgan fingerprint density at radius 3 is 2.67 bits per heavy atom. The molecule has 0 aliphatic rings. The first-order valence-corrected chi connectivity index (χ1v) is 5.59. The highest BCUT2D eigenvalue weighted by Crippen LogP contribution is 2.05. The van der Waals surface area contributed by atoms with E-state index in [1.54, 1.807) is 0 Å². The molecule has 0 fully saturated rings. The molecule has 0 aliphatic heterocycles. The lowest BCUT2D eigenvalue weighted by Gasteiger charge is -2.02. The van der Waals surface area contributed by atoms with Crippen LogP contribution >= 0.6 is 0 Å². The molecule has 2 aromatic rings. The van der Waals surface area contributed by atoms with Crippen LogP contribution in [0.15, 0.2) is 34.9 Å². The third-order valence-electron chi connectivity index (χ3n) is 2.49. The van der Waals surface area contributed by atoms with Crippen molar-refractivity contribution in [1.29, 1.82) is 0 Å². The van der Waals surface area contributed by atoms with E-state index in [4.69, 9.17) is 9.52 Å². The summed E-state index contributed by atoms with van der Waals surface area (Å²) >= 11 is 0. The van der Waals surface area contributed by atoms with Crippen LogP contribution in [-0.2, 0) is 13.1 Å². The fraction of sp³-hybridized carbons (Fsp3) is 0.231. The molecule has 5 heteroatoms. The van der Waals surface area contributed by atoms with Crippen LogP contribution in [0.2, 0.25) is 0 Å². The summed E-state index contributed by atoms with van der Waals surface area (Å²) in [6, 6.07) is 8.18. The van der Waals surface area contributed by atoms with Crippen LogP contribution < -0.4 is 5.32 Å². The Morgan fingerprint density at radius 2 is 2.06 bits per heavy atom. The lowest BCUT2D eigenvalue weighted by Crippen LogP contribution is -2.12. The van der Waals surface area contributed by atoms with E-state index in [2.05, 4.69) is 10.3 Å². The minimum Gasteiger partial charge on any atom is -0.475 e. The maximum Gasteiger partial charge on any atom is 0.373 e. The summed E-state index contributed by atoms with van der Waals surface area (Å²) in [5.74, 6) is -0.867.